The number of carboxylic acid groups (broad SMARTS) is 1. The van der Waals surface area contributed by atoms with Gasteiger partial charge in [0.2, 0.25) is 0 Å². The van der Waals surface area contributed by atoms with E-state index in [0.717, 1.165) is 5.39 Å². The van der Waals surface area contributed by atoms with E-state index in [4.69, 9.17) is 9.84 Å². The Kier molecular flexibility index (Phi) is 4.39. The number of rotatable bonds is 2. The number of nitrogens with one attached hydrogen (secondary N) is 1. The van der Waals surface area contributed by atoms with Gasteiger partial charge in [-0.05, 0) is 18.2 Å². The highest BCUT2D eigenvalue weighted by Crippen LogP contribution is 2.32. The number of ether oxygens (including phenoxy) is 1. The number of carboxylic acids is 1. The fourth-order valence-corrected chi connectivity index (χ4v) is 1.26. The molecule has 2 rings (SSSR count). The Labute approximate surface area is 98.7 Å². The molecule has 0 bridgehead atoms. The number of aromatic amines is 1. The summed E-state index contributed by atoms with van der Waals surface area (Å²) in [5.74, 6) is -0.0880. The lowest BCUT2D eigenvalue weighted by Crippen LogP contribution is -1.86. The van der Waals surface area contributed by atoms with E-state index < -0.39 is 5.97 Å². The van der Waals surface area contributed by atoms with Crippen molar-refractivity contribution in [2.75, 3.05) is 7.11 Å². The van der Waals surface area contributed by atoms with Crippen molar-refractivity contribution in [2.24, 2.45) is 0 Å². The van der Waals surface area contributed by atoms with Crippen molar-refractivity contribution in [1.82, 2.24) is 4.98 Å². The molecule has 2 aromatic rings. The third kappa shape index (κ3) is 3.14. The van der Waals surface area contributed by atoms with E-state index in [9.17, 15) is 9.90 Å². The molecule has 0 aliphatic carbocycles. The number of hydrogen-bond acceptors (Lipinski definition) is 3. The molecule has 5 heteroatoms. The number of phenols is 1. The number of fused-ring (bicyclic) bond motifs is 1. The van der Waals surface area contributed by atoms with E-state index in [0.29, 0.717) is 11.3 Å². The van der Waals surface area contributed by atoms with Crippen LogP contribution in [0.5, 0.6) is 11.5 Å². The molecular formula is C12H15NO4. The third-order valence-electron chi connectivity index (χ3n) is 2.19. The minimum Gasteiger partial charge on any atom is -0.503 e. The summed E-state index contributed by atoms with van der Waals surface area (Å²) in [4.78, 5) is 12.3. The lowest BCUT2D eigenvalue weighted by Gasteiger charge is -2.02. The summed E-state index contributed by atoms with van der Waals surface area (Å²) in [6.45, 7) is 1.60. The molecule has 0 amide bonds. The first-order valence-corrected chi connectivity index (χ1v) is 5.15. The summed E-state index contributed by atoms with van der Waals surface area (Å²) >= 11 is 0. The molecule has 17 heavy (non-hydrogen) atoms. The van der Waals surface area contributed by atoms with Crippen LogP contribution in [-0.2, 0) is 4.79 Å². The van der Waals surface area contributed by atoms with E-state index in [1.165, 1.54) is 7.11 Å². The van der Waals surface area contributed by atoms with Crippen molar-refractivity contribution in [2.45, 2.75) is 13.3 Å². The van der Waals surface area contributed by atoms with Crippen LogP contribution in [0.3, 0.4) is 0 Å². The molecule has 0 aliphatic rings. The van der Waals surface area contributed by atoms with Gasteiger partial charge >= 0.3 is 5.97 Å². The maximum absolute atomic E-state index is 9.58. The lowest BCUT2D eigenvalue weighted by molar-refractivity contribution is -0.136. The van der Waals surface area contributed by atoms with E-state index in [1.54, 1.807) is 19.2 Å². The monoisotopic (exact) mass is 237 g/mol. The first-order valence-electron chi connectivity index (χ1n) is 5.15. The summed E-state index contributed by atoms with van der Waals surface area (Å²) in [6, 6.07) is 5.53. The van der Waals surface area contributed by atoms with Crippen molar-refractivity contribution in [3.8, 4) is 11.5 Å². The van der Waals surface area contributed by atoms with Crippen LogP contribution < -0.4 is 4.74 Å². The number of methoxy groups -OCH3 is 1. The van der Waals surface area contributed by atoms with Crippen LogP contribution in [0.4, 0.5) is 0 Å². The molecule has 5 nitrogen and oxygen atoms in total. The van der Waals surface area contributed by atoms with Gasteiger partial charge in [-0.2, -0.15) is 0 Å². The molecule has 3 N–H and O–H groups in total. The fourth-order valence-electron chi connectivity index (χ4n) is 1.26. The summed E-state index contributed by atoms with van der Waals surface area (Å²) in [7, 11) is 1.53. The number of carbonyl (C=O) groups is 1. The van der Waals surface area contributed by atoms with Gasteiger partial charge in [0.1, 0.15) is 0 Å². The third-order valence-corrected chi connectivity index (χ3v) is 2.19. The molecule has 0 unspecified atom stereocenters. The van der Waals surface area contributed by atoms with Gasteiger partial charge in [0.25, 0.3) is 0 Å². The quantitative estimate of drug-likeness (QED) is 0.748. The molecule has 1 aromatic carbocycles. The molecular weight excluding hydrogens is 222 g/mol. The topological polar surface area (TPSA) is 82.5 Å². The van der Waals surface area contributed by atoms with E-state index in [-0.39, 0.29) is 12.2 Å². The average Bonchev–Trinajstić information content (AvgIpc) is 2.79. The number of hydrogen-bond donors (Lipinski definition) is 3. The molecule has 0 aliphatic heterocycles. The largest absolute Gasteiger partial charge is 0.503 e. The number of benzene rings is 1. The number of H-pyrrole nitrogens is 1. The van der Waals surface area contributed by atoms with Crippen LogP contribution in [0.2, 0.25) is 0 Å². The second kappa shape index (κ2) is 5.79. The number of aromatic nitrogens is 1. The summed E-state index contributed by atoms with van der Waals surface area (Å²) in [5.41, 5.74) is 0.717. The number of aromatic hydroxyl groups is 1. The van der Waals surface area contributed by atoms with Crippen molar-refractivity contribution < 1.29 is 19.7 Å². The lowest BCUT2D eigenvalue weighted by atomic mass is 10.2. The zero-order chi connectivity index (χ0) is 12.8. The van der Waals surface area contributed by atoms with E-state index in [1.807, 2.05) is 12.1 Å². The average molecular weight is 237 g/mol. The maximum atomic E-state index is 9.58. The summed E-state index contributed by atoms with van der Waals surface area (Å²) < 4.78 is 4.95. The number of phenolic OH excluding ortho intramolecular Hbond substituents is 1. The maximum Gasteiger partial charge on any atom is 0.303 e. The van der Waals surface area contributed by atoms with Crippen molar-refractivity contribution in [1.29, 1.82) is 0 Å². The van der Waals surface area contributed by atoms with Gasteiger partial charge in [0, 0.05) is 18.0 Å². The van der Waals surface area contributed by atoms with Crippen molar-refractivity contribution in [3.63, 3.8) is 0 Å². The fraction of sp³-hybridized carbons (Fsp3) is 0.250. The normalized spacial score (nSPS) is 9.53. The van der Waals surface area contributed by atoms with Gasteiger partial charge in [0.05, 0.1) is 12.6 Å². The highest BCUT2D eigenvalue weighted by molar-refractivity contribution is 5.87. The van der Waals surface area contributed by atoms with Crippen molar-refractivity contribution in [3.05, 3.63) is 24.4 Å². The Morgan fingerprint density at radius 3 is 2.59 bits per heavy atom. The molecule has 0 saturated heterocycles. The zero-order valence-corrected chi connectivity index (χ0v) is 9.73. The molecule has 0 saturated carbocycles. The van der Waals surface area contributed by atoms with Crippen LogP contribution in [0.25, 0.3) is 10.9 Å². The SMILES string of the molecule is CCC(=O)O.COc1ccc2cc[nH]c2c1O. The molecule has 1 heterocycles. The minimum atomic E-state index is -0.745. The highest BCUT2D eigenvalue weighted by Gasteiger charge is 2.05. The Hall–Kier alpha value is -2.17. The smallest absolute Gasteiger partial charge is 0.303 e. The Morgan fingerprint density at radius 1 is 1.41 bits per heavy atom. The van der Waals surface area contributed by atoms with E-state index in [2.05, 4.69) is 4.98 Å². The van der Waals surface area contributed by atoms with Gasteiger partial charge in [-0.15, -0.1) is 0 Å². The first kappa shape index (κ1) is 12.9. The predicted octanol–water partition coefficient (Wildman–Crippen LogP) is 2.36. The molecule has 0 spiro atoms. The van der Waals surface area contributed by atoms with Gasteiger partial charge in [-0.25, -0.2) is 0 Å². The minimum absolute atomic E-state index is 0.167. The van der Waals surface area contributed by atoms with E-state index >= 15 is 0 Å². The molecule has 1 aromatic heterocycles. The van der Waals surface area contributed by atoms with Crippen molar-refractivity contribution >= 4 is 16.9 Å². The van der Waals surface area contributed by atoms with Gasteiger partial charge < -0.3 is 19.9 Å². The second-order valence-corrected chi connectivity index (χ2v) is 3.31. The highest BCUT2D eigenvalue weighted by atomic mass is 16.5. The Balaban J connectivity index is 0.000000249. The molecule has 0 radical (unpaired) electrons. The first-order chi connectivity index (χ1) is 8.10. The van der Waals surface area contributed by atoms with Crippen LogP contribution in [-0.4, -0.2) is 28.3 Å². The van der Waals surface area contributed by atoms with Crippen LogP contribution in [0.1, 0.15) is 13.3 Å². The van der Waals surface area contributed by atoms with Crippen LogP contribution in [0, 0.1) is 0 Å². The van der Waals surface area contributed by atoms with Crippen LogP contribution in [0.15, 0.2) is 24.4 Å². The molecule has 0 fully saturated rings. The predicted molar refractivity (Wildman–Crippen MR) is 64.4 cm³/mol. The van der Waals surface area contributed by atoms with Gasteiger partial charge in [-0.1, -0.05) is 6.92 Å². The summed E-state index contributed by atoms with van der Waals surface area (Å²) in [6.07, 6.45) is 2.00. The Morgan fingerprint density at radius 2 is 2.06 bits per heavy atom. The second-order valence-electron chi connectivity index (χ2n) is 3.31. The number of aliphatic carboxylic acids is 1. The standard InChI is InChI=1S/C9H9NO2.C3H6O2/c1-12-7-3-2-6-4-5-10-8(6)9(7)11;1-2-3(4)5/h2-5,10-11H,1H3;2H2,1H3,(H,4,5). The zero-order valence-electron chi connectivity index (χ0n) is 9.73. The van der Waals surface area contributed by atoms with Gasteiger partial charge in [-0.3, -0.25) is 4.79 Å². The molecule has 0 atom stereocenters. The Bertz CT molecular complexity index is 504. The van der Waals surface area contributed by atoms with Gasteiger partial charge in [0.15, 0.2) is 11.5 Å². The molecule has 92 valence electrons. The van der Waals surface area contributed by atoms with Crippen LogP contribution >= 0.6 is 0 Å². The summed E-state index contributed by atoms with van der Waals surface area (Å²) in [5, 5.41) is 18.3.